The van der Waals surface area contributed by atoms with Gasteiger partial charge in [0.2, 0.25) is 5.89 Å². The van der Waals surface area contributed by atoms with E-state index in [1.165, 1.54) is 29.8 Å². The van der Waals surface area contributed by atoms with Gasteiger partial charge in [0.15, 0.2) is 5.82 Å². The lowest BCUT2D eigenvalue weighted by molar-refractivity contribution is 0.192. The van der Waals surface area contributed by atoms with Gasteiger partial charge in [-0.25, -0.2) is 0 Å². The van der Waals surface area contributed by atoms with Gasteiger partial charge in [-0.2, -0.15) is 10.1 Å². The number of nitrogens with zero attached hydrogens (tertiary/aromatic N) is 3. The van der Waals surface area contributed by atoms with E-state index in [1.54, 1.807) is 0 Å². The van der Waals surface area contributed by atoms with Crippen LogP contribution >= 0.6 is 0 Å². The molecular weight excluding hydrogens is 268 g/mol. The van der Waals surface area contributed by atoms with Crippen molar-refractivity contribution in [1.82, 2.24) is 20.3 Å². The first-order valence-electron chi connectivity index (χ1n) is 7.85. The molecule has 4 rings (SSSR count). The summed E-state index contributed by atoms with van der Waals surface area (Å²) < 4.78 is 10.7. The molecule has 6 nitrogen and oxygen atoms in total. The molecule has 1 saturated heterocycles. The lowest BCUT2D eigenvalue weighted by Gasteiger charge is -2.10. The van der Waals surface area contributed by atoms with Crippen LogP contribution in [0.25, 0.3) is 0 Å². The Labute approximate surface area is 123 Å². The number of aryl methyl sites for hydroxylation is 3. The lowest BCUT2D eigenvalue weighted by Crippen LogP contribution is -2.04. The van der Waals surface area contributed by atoms with Crippen LogP contribution in [0.15, 0.2) is 4.52 Å². The van der Waals surface area contributed by atoms with Gasteiger partial charge < -0.3 is 9.26 Å². The zero-order valence-electron chi connectivity index (χ0n) is 12.1. The number of rotatable bonds is 4. The SMILES string of the molecule is C1CCc2c(CCc3nc([C@@H]4CCOC4)no3)n[nH]c2C1. The fourth-order valence-corrected chi connectivity index (χ4v) is 3.26. The second kappa shape index (κ2) is 5.60. The molecule has 0 radical (unpaired) electrons. The molecule has 1 atom stereocenters. The highest BCUT2D eigenvalue weighted by Gasteiger charge is 2.23. The van der Waals surface area contributed by atoms with Crippen molar-refractivity contribution < 1.29 is 9.26 Å². The Morgan fingerprint density at radius 2 is 2.14 bits per heavy atom. The molecule has 0 bridgehead atoms. The van der Waals surface area contributed by atoms with E-state index >= 15 is 0 Å². The minimum atomic E-state index is 0.306. The van der Waals surface area contributed by atoms with Gasteiger partial charge >= 0.3 is 0 Å². The van der Waals surface area contributed by atoms with Gasteiger partial charge in [-0.15, -0.1) is 0 Å². The largest absolute Gasteiger partial charge is 0.381 e. The second-order valence-corrected chi connectivity index (χ2v) is 5.94. The minimum Gasteiger partial charge on any atom is -0.381 e. The molecule has 1 aliphatic carbocycles. The van der Waals surface area contributed by atoms with Gasteiger partial charge in [-0.1, -0.05) is 5.16 Å². The summed E-state index contributed by atoms with van der Waals surface area (Å²) in [6.07, 6.45) is 7.44. The van der Waals surface area contributed by atoms with Gasteiger partial charge in [0.1, 0.15) is 0 Å². The summed E-state index contributed by atoms with van der Waals surface area (Å²) in [7, 11) is 0. The van der Waals surface area contributed by atoms with E-state index in [9.17, 15) is 0 Å². The van der Waals surface area contributed by atoms with Gasteiger partial charge in [0, 0.05) is 31.1 Å². The normalized spacial score (nSPS) is 21.6. The van der Waals surface area contributed by atoms with E-state index in [4.69, 9.17) is 9.26 Å². The quantitative estimate of drug-likeness (QED) is 0.930. The topological polar surface area (TPSA) is 76.8 Å². The predicted octanol–water partition coefficient (Wildman–Crippen LogP) is 1.96. The van der Waals surface area contributed by atoms with Crippen LogP contribution in [0.5, 0.6) is 0 Å². The molecule has 2 aliphatic rings. The lowest BCUT2D eigenvalue weighted by atomic mass is 9.95. The maximum atomic E-state index is 5.37. The number of aromatic nitrogens is 4. The maximum absolute atomic E-state index is 5.37. The van der Waals surface area contributed by atoms with Crippen molar-refractivity contribution >= 4 is 0 Å². The summed E-state index contributed by atoms with van der Waals surface area (Å²) in [4.78, 5) is 4.51. The molecular formula is C15H20N4O2. The summed E-state index contributed by atoms with van der Waals surface area (Å²) in [5.74, 6) is 1.82. The Bertz CT molecular complexity index is 613. The highest BCUT2D eigenvalue weighted by atomic mass is 16.5. The van der Waals surface area contributed by atoms with Crippen molar-refractivity contribution in [2.24, 2.45) is 0 Å². The van der Waals surface area contributed by atoms with Crippen molar-refractivity contribution in [2.75, 3.05) is 13.2 Å². The molecule has 3 heterocycles. The second-order valence-electron chi connectivity index (χ2n) is 5.94. The van der Waals surface area contributed by atoms with E-state index in [2.05, 4.69) is 20.3 Å². The third-order valence-corrected chi connectivity index (χ3v) is 4.50. The number of aromatic amines is 1. The number of ether oxygens (including phenoxy) is 1. The Morgan fingerprint density at radius 1 is 1.19 bits per heavy atom. The molecule has 1 N–H and O–H groups in total. The monoisotopic (exact) mass is 288 g/mol. The third kappa shape index (κ3) is 2.60. The first-order chi connectivity index (χ1) is 10.4. The van der Waals surface area contributed by atoms with Crippen LogP contribution in [0.4, 0.5) is 0 Å². The number of nitrogens with one attached hydrogen (secondary N) is 1. The Kier molecular flexibility index (Phi) is 3.47. The number of H-pyrrole nitrogens is 1. The molecule has 2 aromatic rings. The molecule has 0 spiro atoms. The van der Waals surface area contributed by atoms with Gasteiger partial charge in [-0.3, -0.25) is 5.10 Å². The van der Waals surface area contributed by atoms with E-state index in [1.807, 2.05) is 0 Å². The van der Waals surface area contributed by atoms with Crippen LogP contribution in [0, 0.1) is 0 Å². The molecule has 2 aromatic heterocycles. The van der Waals surface area contributed by atoms with Crippen LogP contribution < -0.4 is 0 Å². The third-order valence-electron chi connectivity index (χ3n) is 4.50. The molecule has 6 heteroatoms. The van der Waals surface area contributed by atoms with Crippen LogP contribution in [-0.4, -0.2) is 33.6 Å². The zero-order chi connectivity index (χ0) is 14.1. The fourth-order valence-electron chi connectivity index (χ4n) is 3.26. The van der Waals surface area contributed by atoms with E-state index in [0.29, 0.717) is 18.4 Å². The van der Waals surface area contributed by atoms with Crippen molar-refractivity contribution in [3.63, 3.8) is 0 Å². The molecule has 0 unspecified atom stereocenters. The molecule has 0 amide bonds. The molecule has 21 heavy (non-hydrogen) atoms. The highest BCUT2D eigenvalue weighted by molar-refractivity contribution is 5.27. The first kappa shape index (κ1) is 13.0. The van der Waals surface area contributed by atoms with E-state index in [-0.39, 0.29) is 0 Å². The smallest absolute Gasteiger partial charge is 0.227 e. The molecule has 0 aromatic carbocycles. The molecule has 1 aliphatic heterocycles. The van der Waals surface area contributed by atoms with Crippen LogP contribution in [0.1, 0.15) is 53.8 Å². The van der Waals surface area contributed by atoms with Crippen molar-refractivity contribution in [2.45, 2.75) is 50.9 Å². The maximum Gasteiger partial charge on any atom is 0.227 e. The Morgan fingerprint density at radius 3 is 3.05 bits per heavy atom. The average Bonchev–Trinajstić information content (AvgIpc) is 3.25. The molecule has 1 fully saturated rings. The first-order valence-corrected chi connectivity index (χ1v) is 7.85. The van der Waals surface area contributed by atoms with Crippen LogP contribution in [-0.2, 0) is 30.4 Å². The average molecular weight is 288 g/mol. The summed E-state index contributed by atoms with van der Waals surface area (Å²) in [6.45, 7) is 1.51. The Balaban J connectivity index is 1.41. The van der Waals surface area contributed by atoms with Gasteiger partial charge in [0.25, 0.3) is 0 Å². The molecule has 0 saturated carbocycles. The summed E-state index contributed by atoms with van der Waals surface area (Å²) in [5.41, 5.74) is 3.92. The Hall–Kier alpha value is -1.69. The standard InChI is InChI=1S/C15H20N4O2/c1-2-4-12-11(3-1)13(18-17-12)5-6-14-16-15(19-21-14)10-7-8-20-9-10/h10H,1-9H2,(H,17,18)/t10-/m1/s1. The number of hydrogen-bond donors (Lipinski definition) is 1. The summed E-state index contributed by atoms with van der Waals surface area (Å²) in [6, 6.07) is 0. The fraction of sp³-hybridized carbons (Fsp3) is 0.667. The summed E-state index contributed by atoms with van der Waals surface area (Å²) in [5, 5.41) is 11.7. The van der Waals surface area contributed by atoms with Gasteiger partial charge in [0.05, 0.1) is 12.3 Å². The number of hydrogen-bond acceptors (Lipinski definition) is 5. The zero-order valence-corrected chi connectivity index (χ0v) is 12.1. The van der Waals surface area contributed by atoms with E-state index < -0.39 is 0 Å². The van der Waals surface area contributed by atoms with Crippen molar-refractivity contribution in [3.05, 3.63) is 28.7 Å². The van der Waals surface area contributed by atoms with Crippen LogP contribution in [0.3, 0.4) is 0 Å². The minimum absolute atomic E-state index is 0.306. The highest BCUT2D eigenvalue weighted by Crippen LogP contribution is 2.24. The molecule has 112 valence electrons. The summed E-state index contributed by atoms with van der Waals surface area (Å²) >= 11 is 0. The van der Waals surface area contributed by atoms with Crippen molar-refractivity contribution in [3.8, 4) is 0 Å². The number of fused-ring (bicyclic) bond motifs is 1. The van der Waals surface area contributed by atoms with Crippen molar-refractivity contribution in [1.29, 1.82) is 0 Å². The van der Waals surface area contributed by atoms with E-state index in [0.717, 1.165) is 44.5 Å². The van der Waals surface area contributed by atoms with Crippen LogP contribution in [0.2, 0.25) is 0 Å². The van der Waals surface area contributed by atoms with Gasteiger partial charge in [-0.05, 0) is 37.7 Å². The predicted molar refractivity (Wildman–Crippen MR) is 75.1 cm³/mol.